The number of urea groups is 1. The summed E-state index contributed by atoms with van der Waals surface area (Å²) in [6.07, 6.45) is 8.00. The van der Waals surface area contributed by atoms with Gasteiger partial charge in [-0.25, -0.2) is 4.79 Å². The summed E-state index contributed by atoms with van der Waals surface area (Å²) in [7, 11) is 1.74. The molecular formula is C29H39N5O5. The lowest BCUT2D eigenvalue weighted by Crippen LogP contribution is -2.52. The molecule has 210 valence electrons. The summed E-state index contributed by atoms with van der Waals surface area (Å²) in [6, 6.07) is 7.83. The lowest BCUT2D eigenvalue weighted by molar-refractivity contribution is 0.0367. The zero-order valence-electron chi connectivity index (χ0n) is 22.9. The van der Waals surface area contributed by atoms with E-state index < -0.39 is 12.1 Å². The molecule has 1 aliphatic carbocycles. The molecule has 2 aromatic rings. The van der Waals surface area contributed by atoms with Crippen LogP contribution in [0.3, 0.4) is 0 Å². The molecule has 3 atom stereocenters. The average molecular weight is 538 g/mol. The number of aliphatic hydroxyl groups excluding tert-OH is 1. The number of rotatable bonds is 7. The van der Waals surface area contributed by atoms with Crippen molar-refractivity contribution in [3.05, 3.63) is 53.9 Å². The number of fused-ring (bicyclic) bond motifs is 1. The Morgan fingerprint density at radius 3 is 2.59 bits per heavy atom. The van der Waals surface area contributed by atoms with E-state index >= 15 is 0 Å². The van der Waals surface area contributed by atoms with Gasteiger partial charge in [0, 0.05) is 43.5 Å². The first-order chi connectivity index (χ1) is 18.8. The van der Waals surface area contributed by atoms with Crippen LogP contribution < -0.4 is 15.4 Å². The third-order valence-corrected chi connectivity index (χ3v) is 7.62. The molecule has 0 saturated heterocycles. The number of anilines is 1. The average Bonchev–Trinajstić information content (AvgIpc) is 2.95. The van der Waals surface area contributed by atoms with Crippen LogP contribution in [0.5, 0.6) is 5.75 Å². The van der Waals surface area contributed by atoms with Crippen molar-refractivity contribution < 1.29 is 24.2 Å². The number of amides is 4. The molecule has 10 heteroatoms. The van der Waals surface area contributed by atoms with Crippen LogP contribution in [0, 0.1) is 5.92 Å². The topological polar surface area (TPSA) is 124 Å². The lowest BCUT2D eigenvalue weighted by atomic mass is 9.96. The number of ether oxygens (including phenoxy) is 1. The molecule has 39 heavy (non-hydrogen) atoms. The van der Waals surface area contributed by atoms with Crippen molar-refractivity contribution in [3.8, 4) is 5.75 Å². The van der Waals surface area contributed by atoms with Gasteiger partial charge in [0.2, 0.25) is 0 Å². The maximum absolute atomic E-state index is 13.6. The van der Waals surface area contributed by atoms with Gasteiger partial charge in [-0.05, 0) is 44.0 Å². The highest BCUT2D eigenvalue weighted by Crippen LogP contribution is 2.35. The quantitative estimate of drug-likeness (QED) is 0.497. The highest BCUT2D eigenvalue weighted by Gasteiger charge is 2.35. The zero-order valence-corrected chi connectivity index (χ0v) is 22.9. The number of carbonyl (C=O) groups is 3. The minimum absolute atomic E-state index is 0.157. The van der Waals surface area contributed by atoms with Crippen molar-refractivity contribution in [3.63, 3.8) is 0 Å². The number of aromatic nitrogens is 1. The van der Waals surface area contributed by atoms with Crippen LogP contribution in [0.4, 0.5) is 10.5 Å². The van der Waals surface area contributed by atoms with Gasteiger partial charge in [0.25, 0.3) is 11.8 Å². The fraction of sp³-hybridized carbons (Fsp3) is 0.517. The summed E-state index contributed by atoms with van der Waals surface area (Å²) in [6.45, 7) is 4.19. The minimum atomic E-state index is -0.480. The second-order valence-electron chi connectivity index (χ2n) is 10.7. The Labute approximate surface area is 229 Å². The molecular weight excluding hydrogens is 498 g/mol. The number of benzene rings is 1. The first-order valence-electron chi connectivity index (χ1n) is 13.7. The van der Waals surface area contributed by atoms with Gasteiger partial charge in [0.1, 0.15) is 6.10 Å². The van der Waals surface area contributed by atoms with E-state index in [1.165, 1.54) is 18.8 Å². The molecule has 0 bridgehead atoms. The Bertz CT molecular complexity index is 1150. The molecule has 1 saturated carbocycles. The van der Waals surface area contributed by atoms with E-state index in [1.54, 1.807) is 54.1 Å². The lowest BCUT2D eigenvalue weighted by Gasteiger charge is -2.38. The molecule has 0 radical (unpaired) electrons. The van der Waals surface area contributed by atoms with Crippen LogP contribution in [-0.4, -0.2) is 82.7 Å². The van der Waals surface area contributed by atoms with E-state index in [0.717, 1.165) is 25.7 Å². The third-order valence-electron chi connectivity index (χ3n) is 7.62. The van der Waals surface area contributed by atoms with Gasteiger partial charge in [-0.3, -0.25) is 14.6 Å². The number of aliphatic hydroxyl groups is 1. The predicted molar refractivity (Wildman–Crippen MR) is 148 cm³/mol. The summed E-state index contributed by atoms with van der Waals surface area (Å²) in [5.74, 6) is -0.582. The molecule has 1 aromatic heterocycles. The number of para-hydroxylation sites is 1. The maximum Gasteiger partial charge on any atom is 0.317 e. The molecule has 4 rings (SSSR count). The number of nitrogens with one attached hydrogen (secondary N) is 2. The monoisotopic (exact) mass is 537 g/mol. The summed E-state index contributed by atoms with van der Waals surface area (Å²) >= 11 is 0. The Morgan fingerprint density at radius 1 is 1.18 bits per heavy atom. The number of likely N-dealkylation sites (N-methyl/N-ethyl adjacent to an activating group) is 1. The van der Waals surface area contributed by atoms with Gasteiger partial charge in [-0.1, -0.05) is 32.3 Å². The standard InChI is InChI=1S/C29H39N5O5/c1-19-16-34(20(2)18-35)28(37)23-10-7-11-24(32-27(36)21-12-14-30-15-13-21)26(23)39-25(19)17-33(3)29(38)31-22-8-5-4-6-9-22/h7,10-15,19-20,22,25,35H,4-6,8-9,16-18H2,1-3H3,(H,31,38)(H,32,36)/t19-,20+,25-/m0/s1. The molecule has 10 nitrogen and oxygen atoms in total. The number of pyridine rings is 1. The summed E-state index contributed by atoms with van der Waals surface area (Å²) < 4.78 is 6.50. The first kappa shape index (κ1) is 28.4. The van der Waals surface area contributed by atoms with Gasteiger partial charge in [-0.15, -0.1) is 0 Å². The molecule has 0 unspecified atom stereocenters. The maximum atomic E-state index is 13.6. The van der Waals surface area contributed by atoms with Crippen molar-refractivity contribution in [2.75, 3.05) is 32.1 Å². The first-order valence-corrected chi connectivity index (χ1v) is 13.7. The van der Waals surface area contributed by atoms with Gasteiger partial charge in [-0.2, -0.15) is 0 Å². The second-order valence-corrected chi connectivity index (χ2v) is 10.7. The smallest absolute Gasteiger partial charge is 0.317 e. The largest absolute Gasteiger partial charge is 0.485 e. The fourth-order valence-electron chi connectivity index (χ4n) is 5.14. The third kappa shape index (κ3) is 6.86. The zero-order chi connectivity index (χ0) is 27.9. The molecule has 2 heterocycles. The van der Waals surface area contributed by atoms with Crippen LogP contribution >= 0.6 is 0 Å². The normalized spacial score (nSPS) is 20.6. The molecule has 3 N–H and O–H groups in total. The van der Waals surface area contributed by atoms with Gasteiger partial charge in [0.15, 0.2) is 5.75 Å². The van der Waals surface area contributed by atoms with Crippen LogP contribution in [0.2, 0.25) is 0 Å². The van der Waals surface area contributed by atoms with Crippen molar-refractivity contribution >= 4 is 23.5 Å². The van der Waals surface area contributed by atoms with Crippen LogP contribution in [-0.2, 0) is 0 Å². The van der Waals surface area contributed by atoms with E-state index in [-0.39, 0.29) is 54.3 Å². The molecule has 0 spiro atoms. The van der Waals surface area contributed by atoms with Crippen molar-refractivity contribution in [1.29, 1.82) is 0 Å². The highest BCUT2D eigenvalue weighted by molar-refractivity contribution is 6.07. The number of hydrogen-bond acceptors (Lipinski definition) is 6. The molecule has 1 aliphatic heterocycles. The molecule has 2 aliphatic rings. The van der Waals surface area contributed by atoms with Crippen molar-refractivity contribution in [2.45, 2.75) is 64.1 Å². The van der Waals surface area contributed by atoms with Gasteiger partial charge < -0.3 is 30.3 Å². The molecule has 1 fully saturated rings. The summed E-state index contributed by atoms with van der Waals surface area (Å²) in [5.41, 5.74) is 1.06. The van der Waals surface area contributed by atoms with Crippen molar-refractivity contribution in [1.82, 2.24) is 20.1 Å². The molecule has 1 aromatic carbocycles. The Hall–Kier alpha value is -3.66. The van der Waals surface area contributed by atoms with Gasteiger partial charge in [0.05, 0.1) is 30.4 Å². The van der Waals surface area contributed by atoms with Crippen LogP contribution in [0.25, 0.3) is 0 Å². The Morgan fingerprint density at radius 2 is 1.90 bits per heavy atom. The molecule has 4 amide bonds. The van der Waals surface area contributed by atoms with E-state index in [2.05, 4.69) is 15.6 Å². The Kier molecular flexibility index (Phi) is 9.40. The SMILES string of the molecule is C[C@H](CO)N1C[C@H](C)[C@H](CN(C)C(=O)NC2CCCCC2)Oc2c(NC(=O)c3ccncc3)cccc2C1=O. The van der Waals surface area contributed by atoms with E-state index in [1.807, 2.05) is 6.92 Å². The van der Waals surface area contributed by atoms with Crippen LogP contribution in [0.15, 0.2) is 42.7 Å². The highest BCUT2D eigenvalue weighted by atomic mass is 16.5. The predicted octanol–water partition coefficient (Wildman–Crippen LogP) is 3.53. The van der Waals surface area contributed by atoms with Crippen LogP contribution in [0.1, 0.15) is 66.7 Å². The number of carbonyl (C=O) groups excluding carboxylic acids is 3. The fourth-order valence-corrected chi connectivity index (χ4v) is 5.14. The number of hydrogen-bond donors (Lipinski definition) is 3. The van der Waals surface area contributed by atoms with Gasteiger partial charge >= 0.3 is 6.03 Å². The Balaban J connectivity index is 1.62. The summed E-state index contributed by atoms with van der Waals surface area (Å²) in [5, 5.41) is 15.9. The van der Waals surface area contributed by atoms with Crippen molar-refractivity contribution in [2.24, 2.45) is 5.92 Å². The minimum Gasteiger partial charge on any atom is -0.485 e. The van der Waals surface area contributed by atoms with E-state index in [4.69, 9.17) is 4.74 Å². The summed E-state index contributed by atoms with van der Waals surface area (Å²) in [4.78, 5) is 46.9. The van der Waals surface area contributed by atoms with E-state index in [9.17, 15) is 19.5 Å². The van der Waals surface area contributed by atoms with E-state index in [0.29, 0.717) is 17.8 Å². The second kappa shape index (κ2) is 12.9. The number of nitrogens with zero attached hydrogens (tertiary/aromatic N) is 3.